The summed E-state index contributed by atoms with van der Waals surface area (Å²) in [6.07, 6.45) is 0. The second-order valence-corrected chi connectivity index (χ2v) is 5.63. The molecule has 1 amide bonds. The van der Waals surface area contributed by atoms with E-state index in [1.165, 1.54) is 4.57 Å². The fraction of sp³-hybridized carbons (Fsp3) is 0.118. The molecule has 3 aromatic rings. The summed E-state index contributed by atoms with van der Waals surface area (Å²) in [5.74, 6) is -0.292. The van der Waals surface area contributed by atoms with Gasteiger partial charge < -0.3 is 14.9 Å². The van der Waals surface area contributed by atoms with Crippen LogP contribution in [0.4, 0.5) is 0 Å². The molecule has 0 aliphatic heterocycles. The maximum Gasteiger partial charge on any atom is 0.316 e. The molecule has 0 spiro atoms. The molecule has 1 heterocycles. The summed E-state index contributed by atoms with van der Waals surface area (Å²) in [4.78, 5) is 38.4. The number of aromatic amines is 1. The number of H-pyrrole nitrogens is 1. The van der Waals surface area contributed by atoms with Crippen LogP contribution >= 0.6 is 11.6 Å². The molecule has 6 nitrogen and oxygen atoms in total. The fourth-order valence-corrected chi connectivity index (χ4v) is 2.65. The molecule has 122 valence electrons. The van der Waals surface area contributed by atoms with Crippen LogP contribution in [0.3, 0.4) is 0 Å². The zero-order valence-electron chi connectivity index (χ0n) is 12.6. The molecule has 0 saturated heterocycles. The molecule has 24 heavy (non-hydrogen) atoms. The molecule has 0 aliphatic carbocycles. The Morgan fingerprint density at radius 3 is 2.71 bits per heavy atom. The average molecular weight is 344 g/mol. The van der Waals surface area contributed by atoms with Gasteiger partial charge in [0, 0.05) is 23.7 Å². The van der Waals surface area contributed by atoms with Crippen LogP contribution in [0.15, 0.2) is 58.1 Å². The third kappa shape index (κ3) is 3.23. The third-order valence-corrected chi connectivity index (χ3v) is 3.83. The quantitative estimate of drug-likeness (QED) is 0.708. The van der Waals surface area contributed by atoms with Crippen molar-refractivity contribution in [3.8, 4) is 0 Å². The third-order valence-electron chi connectivity index (χ3n) is 3.59. The van der Waals surface area contributed by atoms with E-state index in [0.717, 1.165) is 0 Å². The molecule has 0 saturated carbocycles. The van der Waals surface area contributed by atoms with Gasteiger partial charge in [0.15, 0.2) is 0 Å². The summed E-state index contributed by atoms with van der Waals surface area (Å²) in [7, 11) is 0. The van der Waals surface area contributed by atoms with Crippen molar-refractivity contribution >= 4 is 28.5 Å². The minimum absolute atomic E-state index is 0.190. The Bertz CT molecular complexity index is 1020. The number of aromatic nitrogens is 2. The van der Waals surface area contributed by atoms with Crippen molar-refractivity contribution in [2.75, 3.05) is 6.54 Å². The molecule has 0 radical (unpaired) electrons. The van der Waals surface area contributed by atoms with Crippen LogP contribution in [-0.4, -0.2) is 22.0 Å². The Balaban J connectivity index is 1.79. The van der Waals surface area contributed by atoms with Crippen LogP contribution in [0, 0.1) is 0 Å². The largest absolute Gasteiger partial charge is 0.350 e. The number of rotatable bonds is 4. The normalized spacial score (nSPS) is 10.7. The van der Waals surface area contributed by atoms with Crippen molar-refractivity contribution in [3.63, 3.8) is 0 Å². The van der Waals surface area contributed by atoms with E-state index in [1.54, 1.807) is 48.5 Å². The molecule has 0 unspecified atom stereocenters. The van der Waals surface area contributed by atoms with Gasteiger partial charge in [0.2, 0.25) is 0 Å². The van der Waals surface area contributed by atoms with E-state index < -0.39 is 11.1 Å². The molecular weight excluding hydrogens is 330 g/mol. The van der Waals surface area contributed by atoms with Crippen molar-refractivity contribution < 1.29 is 4.79 Å². The number of carbonyl (C=O) groups is 1. The molecule has 0 fully saturated rings. The number of halogens is 1. The topological polar surface area (TPSA) is 84.0 Å². The second kappa shape index (κ2) is 6.72. The molecule has 7 heteroatoms. The number of hydrogen-bond acceptors (Lipinski definition) is 3. The Labute approximate surface area is 141 Å². The highest BCUT2D eigenvalue weighted by Crippen LogP contribution is 2.10. The van der Waals surface area contributed by atoms with E-state index in [4.69, 9.17) is 11.6 Å². The number of amides is 1. The first-order chi connectivity index (χ1) is 11.6. The van der Waals surface area contributed by atoms with Crippen molar-refractivity contribution in [3.05, 3.63) is 79.8 Å². The van der Waals surface area contributed by atoms with Gasteiger partial charge in [0.05, 0.1) is 11.0 Å². The first-order valence-electron chi connectivity index (χ1n) is 7.32. The van der Waals surface area contributed by atoms with Gasteiger partial charge in [-0.1, -0.05) is 29.8 Å². The molecule has 2 N–H and O–H groups in total. The lowest BCUT2D eigenvalue weighted by atomic mass is 10.2. The molecule has 3 rings (SSSR count). The van der Waals surface area contributed by atoms with Gasteiger partial charge in [-0.2, -0.15) is 0 Å². The highest BCUT2D eigenvalue weighted by molar-refractivity contribution is 6.30. The standard InChI is InChI=1S/C17H14ClN3O3/c18-12-5-3-4-11(10-12)15(22)19-8-9-21-14-7-2-1-6-13(14)20-16(23)17(21)24/h1-7,10H,8-9H2,(H,19,22)(H,20,23). The zero-order valence-corrected chi connectivity index (χ0v) is 13.3. The molecule has 0 atom stereocenters. The SMILES string of the molecule is O=C(NCCn1c(=O)c(=O)[nH]c2ccccc21)c1cccc(Cl)c1. The number of para-hydroxylation sites is 2. The summed E-state index contributed by atoms with van der Waals surface area (Å²) in [6.45, 7) is 0.397. The lowest BCUT2D eigenvalue weighted by Gasteiger charge is -2.10. The van der Waals surface area contributed by atoms with Gasteiger partial charge in [0.1, 0.15) is 0 Å². The highest BCUT2D eigenvalue weighted by Gasteiger charge is 2.09. The number of carbonyl (C=O) groups excluding carboxylic acids is 1. The van der Waals surface area contributed by atoms with E-state index in [-0.39, 0.29) is 19.0 Å². The summed E-state index contributed by atoms with van der Waals surface area (Å²) < 4.78 is 1.35. The maximum atomic E-state index is 12.1. The molecule has 2 aromatic carbocycles. The van der Waals surface area contributed by atoms with E-state index in [1.807, 2.05) is 0 Å². The predicted molar refractivity (Wildman–Crippen MR) is 92.6 cm³/mol. The Morgan fingerprint density at radius 2 is 1.92 bits per heavy atom. The first kappa shape index (κ1) is 16.0. The van der Waals surface area contributed by atoms with Crippen LogP contribution in [0.25, 0.3) is 11.0 Å². The van der Waals surface area contributed by atoms with Gasteiger partial charge in [0.25, 0.3) is 5.91 Å². The van der Waals surface area contributed by atoms with Crippen molar-refractivity contribution in [2.45, 2.75) is 6.54 Å². The Morgan fingerprint density at radius 1 is 1.12 bits per heavy atom. The van der Waals surface area contributed by atoms with Crippen LogP contribution < -0.4 is 16.4 Å². The molecule has 0 bridgehead atoms. The minimum atomic E-state index is -0.685. The lowest BCUT2D eigenvalue weighted by Crippen LogP contribution is -2.39. The predicted octanol–water partition coefficient (Wildman–Crippen LogP) is 1.77. The number of nitrogens with zero attached hydrogens (tertiary/aromatic N) is 1. The maximum absolute atomic E-state index is 12.1. The van der Waals surface area contributed by atoms with Gasteiger partial charge in [-0.05, 0) is 30.3 Å². The monoisotopic (exact) mass is 343 g/mol. The van der Waals surface area contributed by atoms with Gasteiger partial charge in [-0.25, -0.2) is 0 Å². The van der Waals surface area contributed by atoms with Crippen molar-refractivity contribution in [1.29, 1.82) is 0 Å². The lowest BCUT2D eigenvalue weighted by molar-refractivity contribution is 0.0952. The van der Waals surface area contributed by atoms with Gasteiger partial charge in [-0.3, -0.25) is 14.4 Å². The fourth-order valence-electron chi connectivity index (χ4n) is 2.46. The minimum Gasteiger partial charge on any atom is -0.350 e. The highest BCUT2D eigenvalue weighted by atomic mass is 35.5. The first-order valence-corrected chi connectivity index (χ1v) is 7.70. The number of benzene rings is 2. The second-order valence-electron chi connectivity index (χ2n) is 5.19. The van der Waals surface area contributed by atoms with E-state index in [9.17, 15) is 14.4 Å². The molecule has 0 aliphatic rings. The van der Waals surface area contributed by atoms with Crippen LogP contribution in [0.5, 0.6) is 0 Å². The van der Waals surface area contributed by atoms with Crippen LogP contribution in [0.2, 0.25) is 5.02 Å². The zero-order chi connectivity index (χ0) is 17.1. The number of nitrogens with one attached hydrogen (secondary N) is 2. The number of hydrogen-bond donors (Lipinski definition) is 2. The number of fused-ring (bicyclic) bond motifs is 1. The van der Waals surface area contributed by atoms with Gasteiger partial charge in [-0.15, -0.1) is 0 Å². The van der Waals surface area contributed by atoms with E-state index in [2.05, 4.69) is 10.3 Å². The summed E-state index contributed by atoms with van der Waals surface area (Å²) in [6, 6.07) is 13.6. The summed E-state index contributed by atoms with van der Waals surface area (Å²) in [5.41, 5.74) is 0.286. The Hall–Kier alpha value is -2.86. The Kier molecular flexibility index (Phi) is 4.48. The van der Waals surface area contributed by atoms with Crippen LogP contribution in [0.1, 0.15) is 10.4 Å². The van der Waals surface area contributed by atoms with E-state index >= 15 is 0 Å². The summed E-state index contributed by atoms with van der Waals surface area (Å²) in [5, 5.41) is 3.19. The average Bonchev–Trinajstić information content (AvgIpc) is 2.58. The molecular formula is C17H14ClN3O3. The van der Waals surface area contributed by atoms with E-state index in [0.29, 0.717) is 21.6 Å². The van der Waals surface area contributed by atoms with Gasteiger partial charge >= 0.3 is 11.1 Å². The van der Waals surface area contributed by atoms with Crippen molar-refractivity contribution in [2.24, 2.45) is 0 Å². The molecule has 1 aromatic heterocycles. The smallest absolute Gasteiger partial charge is 0.316 e. The summed E-state index contributed by atoms with van der Waals surface area (Å²) >= 11 is 5.86. The van der Waals surface area contributed by atoms with Crippen molar-refractivity contribution in [1.82, 2.24) is 14.9 Å². The van der Waals surface area contributed by atoms with Crippen LogP contribution in [-0.2, 0) is 6.54 Å².